The van der Waals surface area contributed by atoms with Crippen LogP contribution in [0.25, 0.3) is 10.6 Å². The Kier molecular flexibility index (Phi) is 7.20. The normalized spacial score (nSPS) is 11.6. The Labute approximate surface area is 191 Å². The molecule has 0 radical (unpaired) electrons. The molecule has 0 bridgehead atoms. The van der Waals surface area contributed by atoms with Gasteiger partial charge in [0.05, 0.1) is 27.9 Å². The minimum absolute atomic E-state index is 0.109. The van der Waals surface area contributed by atoms with Crippen molar-refractivity contribution in [1.29, 1.82) is 0 Å². The fourth-order valence-electron chi connectivity index (χ4n) is 2.36. The molecule has 6 nitrogen and oxygen atoms in total. The zero-order valence-electron chi connectivity index (χ0n) is 15.7. The third-order valence-corrected chi connectivity index (χ3v) is 5.90. The highest BCUT2D eigenvalue weighted by molar-refractivity contribution is 7.13. The number of nitrogens with one attached hydrogen (secondary N) is 1. The lowest BCUT2D eigenvalue weighted by molar-refractivity contribution is -0.123. The number of benzene rings is 2. The van der Waals surface area contributed by atoms with E-state index < -0.39 is 18.0 Å². The molecule has 1 N–H and O–H groups in total. The number of hydrogen-bond acceptors (Lipinski definition) is 6. The predicted octanol–water partition coefficient (Wildman–Crippen LogP) is 5.96. The second-order valence-corrected chi connectivity index (χ2v) is 8.13. The number of aromatic nitrogens is 1. The van der Waals surface area contributed by atoms with Gasteiger partial charge in [0.1, 0.15) is 10.8 Å². The minimum Gasteiger partial charge on any atom is -0.497 e. The summed E-state index contributed by atoms with van der Waals surface area (Å²) < 4.78 is 10.3. The Balaban J connectivity index is 1.64. The van der Waals surface area contributed by atoms with E-state index in [0.717, 1.165) is 11.3 Å². The van der Waals surface area contributed by atoms with E-state index in [9.17, 15) is 9.59 Å². The number of halogens is 3. The SMILES string of the molecule is COc1ccc(-c2nc(C(=O)OC(C)C(=O)Nc3cc(Cl)c(Cl)cc3Cl)cs2)cc1. The fraction of sp³-hybridized carbons (Fsp3) is 0.150. The number of ether oxygens (including phenoxy) is 2. The molecule has 1 amide bonds. The maximum absolute atomic E-state index is 12.4. The van der Waals surface area contributed by atoms with Gasteiger partial charge in [-0.3, -0.25) is 4.79 Å². The van der Waals surface area contributed by atoms with Crippen LogP contribution >= 0.6 is 46.1 Å². The number of esters is 1. The fourth-order valence-corrected chi connectivity index (χ4v) is 3.75. The first-order valence-electron chi connectivity index (χ1n) is 8.55. The largest absolute Gasteiger partial charge is 0.497 e. The Morgan fingerprint density at radius 3 is 2.40 bits per heavy atom. The number of anilines is 1. The first-order chi connectivity index (χ1) is 14.3. The summed E-state index contributed by atoms with van der Waals surface area (Å²) in [4.78, 5) is 29.0. The van der Waals surface area contributed by atoms with Gasteiger partial charge in [-0.1, -0.05) is 34.8 Å². The summed E-state index contributed by atoms with van der Waals surface area (Å²) in [5.41, 5.74) is 1.20. The molecule has 0 spiro atoms. The molecule has 30 heavy (non-hydrogen) atoms. The lowest BCUT2D eigenvalue weighted by Gasteiger charge is -2.14. The van der Waals surface area contributed by atoms with Gasteiger partial charge in [-0.25, -0.2) is 9.78 Å². The first-order valence-corrected chi connectivity index (χ1v) is 10.6. The van der Waals surface area contributed by atoms with Gasteiger partial charge in [0.2, 0.25) is 0 Å². The molecule has 3 aromatic rings. The molecular weight excluding hydrogens is 471 g/mol. The third-order valence-electron chi connectivity index (χ3n) is 3.97. The van der Waals surface area contributed by atoms with Crippen LogP contribution in [-0.4, -0.2) is 30.1 Å². The molecule has 3 rings (SSSR count). The predicted molar refractivity (Wildman–Crippen MR) is 119 cm³/mol. The van der Waals surface area contributed by atoms with Crippen molar-refractivity contribution in [3.63, 3.8) is 0 Å². The van der Waals surface area contributed by atoms with Crippen molar-refractivity contribution in [2.24, 2.45) is 0 Å². The summed E-state index contributed by atoms with van der Waals surface area (Å²) in [6.45, 7) is 1.44. The van der Waals surface area contributed by atoms with Crippen LogP contribution in [0.4, 0.5) is 5.69 Å². The summed E-state index contributed by atoms with van der Waals surface area (Å²) >= 11 is 19.2. The van der Waals surface area contributed by atoms with E-state index in [2.05, 4.69) is 10.3 Å². The van der Waals surface area contributed by atoms with Gasteiger partial charge < -0.3 is 14.8 Å². The number of hydrogen-bond donors (Lipinski definition) is 1. The molecule has 0 aliphatic carbocycles. The van der Waals surface area contributed by atoms with E-state index in [1.165, 1.54) is 30.4 Å². The summed E-state index contributed by atoms with van der Waals surface area (Å²) in [7, 11) is 1.58. The standard InChI is InChI=1S/C20H15Cl3N2O4S/c1-10(18(26)24-16-8-14(22)13(21)7-15(16)23)29-20(27)17-9-30-19(25-17)11-3-5-12(28-2)6-4-11/h3-10H,1-2H3,(H,24,26). The highest BCUT2D eigenvalue weighted by atomic mass is 35.5. The Morgan fingerprint density at radius 1 is 1.07 bits per heavy atom. The van der Waals surface area contributed by atoms with E-state index in [4.69, 9.17) is 44.3 Å². The van der Waals surface area contributed by atoms with E-state index in [1.807, 2.05) is 12.1 Å². The monoisotopic (exact) mass is 484 g/mol. The van der Waals surface area contributed by atoms with Crippen molar-refractivity contribution in [1.82, 2.24) is 4.98 Å². The van der Waals surface area contributed by atoms with Crippen LogP contribution in [0, 0.1) is 0 Å². The van der Waals surface area contributed by atoms with E-state index in [1.54, 1.807) is 24.6 Å². The number of thiazole rings is 1. The second-order valence-electron chi connectivity index (χ2n) is 6.05. The maximum atomic E-state index is 12.4. The number of nitrogens with zero attached hydrogens (tertiary/aromatic N) is 1. The van der Waals surface area contributed by atoms with Crippen LogP contribution < -0.4 is 10.1 Å². The smallest absolute Gasteiger partial charge is 0.358 e. The van der Waals surface area contributed by atoms with Gasteiger partial charge in [0, 0.05) is 10.9 Å². The zero-order valence-corrected chi connectivity index (χ0v) is 18.8. The van der Waals surface area contributed by atoms with Crippen LogP contribution in [0.5, 0.6) is 5.75 Å². The van der Waals surface area contributed by atoms with E-state index in [-0.39, 0.29) is 26.4 Å². The zero-order chi connectivity index (χ0) is 21.8. The van der Waals surface area contributed by atoms with Crippen molar-refractivity contribution < 1.29 is 19.1 Å². The van der Waals surface area contributed by atoms with Crippen molar-refractivity contribution in [2.45, 2.75) is 13.0 Å². The number of rotatable bonds is 6. The maximum Gasteiger partial charge on any atom is 0.358 e. The van der Waals surface area contributed by atoms with Gasteiger partial charge in [-0.05, 0) is 43.3 Å². The number of methoxy groups -OCH3 is 1. The Morgan fingerprint density at radius 2 is 1.73 bits per heavy atom. The number of amides is 1. The lowest BCUT2D eigenvalue weighted by Crippen LogP contribution is -2.30. The molecule has 10 heteroatoms. The third kappa shape index (κ3) is 5.23. The van der Waals surface area contributed by atoms with Crippen molar-refractivity contribution >= 4 is 63.7 Å². The molecule has 0 saturated heterocycles. The molecule has 1 atom stereocenters. The average Bonchev–Trinajstić information content (AvgIpc) is 3.22. The van der Waals surface area contributed by atoms with Gasteiger partial charge >= 0.3 is 5.97 Å². The van der Waals surface area contributed by atoms with Crippen LogP contribution in [0.1, 0.15) is 17.4 Å². The van der Waals surface area contributed by atoms with Gasteiger partial charge in [0.25, 0.3) is 5.91 Å². The Bertz CT molecular complexity index is 1090. The first kappa shape index (κ1) is 22.4. The molecule has 0 aliphatic heterocycles. The van der Waals surface area contributed by atoms with Gasteiger partial charge in [-0.2, -0.15) is 0 Å². The molecule has 1 heterocycles. The van der Waals surface area contributed by atoms with Crippen LogP contribution in [0.2, 0.25) is 15.1 Å². The summed E-state index contributed by atoms with van der Waals surface area (Å²) in [5, 5.41) is 5.47. The van der Waals surface area contributed by atoms with Crippen LogP contribution in [0.3, 0.4) is 0 Å². The molecule has 2 aromatic carbocycles. The van der Waals surface area contributed by atoms with Crippen molar-refractivity contribution in [3.05, 3.63) is 62.5 Å². The molecular formula is C20H15Cl3N2O4S. The van der Waals surface area contributed by atoms with Gasteiger partial charge in [-0.15, -0.1) is 11.3 Å². The highest BCUT2D eigenvalue weighted by Crippen LogP contribution is 2.32. The second kappa shape index (κ2) is 9.66. The molecule has 1 unspecified atom stereocenters. The molecule has 1 aromatic heterocycles. The number of carbonyl (C=O) groups is 2. The topological polar surface area (TPSA) is 77.5 Å². The highest BCUT2D eigenvalue weighted by Gasteiger charge is 2.22. The van der Waals surface area contributed by atoms with Crippen molar-refractivity contribution in [2.75, 3.05) is 12.4 Å². The Hall–Kier alpha value is -2.32. The summed E-state index contributed by atoms with van der Waals surface area (Å²) in [5.74, 6) is -0.569. The van der Waals surface area contributed by atoms with Crippen LogP contribution in [-0.2, 0) is 9.53 Å². The molecule has 156 valence electrons. The van der Waals surface area contributed by atoms with Crippen LogP contribution in [0.15, 0.2) is 41.8 Å². The van der Waals surface area contributed by atoms with Gasteiger partial charge in [0.15, 0.2) is 11.8 Å². The molecule has 0 fully saturated rings. The van der Waals surface area contributed by atoms with Crippen molar-refractivity contribution in [3.8, 4) is 16.3 Å². The van der Waals surface area contributed by atoms with E-state index in [0.29, 0.717) is 5.01 Å². The quantitative estimate of drug-likeness (QED) is 0.344. The minimum atomic E-state index is -1.09. The van der Waals surface area contributed by atoms with E-state index >= 15 is 0 Å². The molecule has 0 aliphatic rings. The molecule has 0 saturated carbocycles. The lowest BCUT2D eigenvalue weighted by atomic mass is 10.2. The summed E-state index contributed by atoms with van der Waals surface area (Å²) in [6.07, 6.45) is -1.09. The average molecular weight is 486 g/mol. The number of carbonyl (C=O) groups excluding carboxylic acids is 2. The summed E-state index contributed by atoms with van der Waals surface area (Å²) in [6, 6.07) is 10.1.